The van der Waals surface area contributed by atoms with E-state index in [1.807, 2.05) is 0 Å². The molecule has 0 heterocycles. The van der Waals surface area contributed by atoms with Crippen molar-refractivity contribution in [3.63, 3.8) is 0 Å². The molecule has 0 amide bonds. The number of rotatable bonds is 6. The van der Waals surface area contributed by atoms with Gasteiger partial charge in [0.25, 0.3) is 0 Å². The number of hydrogen-bond donors (Lipinski definition) is 1. The summed E-state index contributed by atoms with van der Waals surface area (Å²) < 4.78 is 4.97. The Labute approximate surface area is 107 Å². The van der Waals surface area contributed by atoms with Gasteiger partial charge < -0.3 is 9.84 Å². The summed E-state index contributed by atoms with van der Waals surface area (Å²) >= 11 is 16.8. The molecule has 12 heavy (non-hydrogen) atoms. The van der Waals surface area contributed by atoms with Crippen LogP contribution in [0.3, 0.4) is 0 Å². The maximum absolute atomic E-state index is 8.33. The Morgan fingerprint density at radius 3 is 2.17 bits per heavy atom. The van der Waals surface area contributed by atoms with Gasteiger partial charge in [-0.05, 0) is 12.5 Å². The Hall–Kier alpha value is 1.90. The van der Waals surface area contributed by atoms with Crippen molar-refractivity contribution in [1.29, 1.82) is 0 Å². The first-order chi connectivity index (χ1) is 5.06. The van der Waals surface area contributed by atoms with Crippen molar-refractivity contribution in [3.8, 4) is 0 Å². The molecule has 0 aromatic heterocycles. The molecule has 0 unspecified atom stereocenters. The van der Waals surface area contributed by atoms with Crippen molar-refractivity contribution in [2.24, 2.45) is 0 Å². The molecule has 1 N–H and O–H groups in total. The zero-order valence-electron chi connectivity index (χ0n) is 6.52. The van der Waals surface area contributed by atoms with E-state index in [9.17, 15) is 0 Å². The number of ether oxygens (including phenoxy) is 1. The molecule has 0 aliphatic carbocycles. The Morgan fingerprint density at radius 2 is 1.75 bits per heavy atom. The van der Waals surface area contributed by atoms with Crippen molar-refractivity contribution < 1.29 is 9.84 Å². The van der Waals surface area contributed by atoms with E-state index in [0.29, 0.717) is 19.3 Å². The third-order valence-corrected chi connectivity index (χ3v) is 3.61. The molecule has 0 aromatic carbocycles. The molecule has 7 heteroatoms. The van der Waals surface area contributed by atoms with Gasteiger partial charge in [-0.15, -0.1) is 33.2 Å². The van der Waals surface area contributed by atoms with Crippen LogP contribution in [0.2, 0.25) is 6.04 Å². The molecular formula is C5H13Cl3O2PoSi. The summed E-state index contributed by atoms with van der Waals surface area (Å²) in [7, 11) is 0. The predicted molar refractivity (Wildman–Crippen MR) is 59.2 cm³/mol. The molecule has 0 saturated carbocycles. The summed E-state index contributed by atoms with van der Waals surface area (Å²) in [6, 6.07) is -1.83. The molecule has 0 aliphatic heterocycles. The van der Waals surface area contributed by atoms with Crippen LogP contribution in [-0.2, 0) is 4.74 Å². The summed E-state index contributed by atoms with van der Waals surface area (Å²) in [5, 5.41) is 8.33. The third-order valence-electron chi connectivity index (χ3n) is 0.985. The molecule has 0 saturated heterocycles. The van der Waals surface area contributed by atoms with Crippen LogP contribution < -0.4 is 0 Å². The molecule has 0 bridgehead atoms. The van der Waals surface area contributed by atoms with Gasteiger partial charge in [-0.25, -0.2) is 0 Å². The minimum absolute atomic E-state index is 0. The van der Waals surface area contributed by atoms with Crippen molar-refractivity contribution in [1.82, 2.24) is 0 Å². The van der Waals surface area contributed by atoms with Crippen molar-refractivity contribution in [3.05, 3.63) is 0 Å². The maximum atomic E-state index is 8.33. The molecule has 0 radical (unpaired) electrons. The van der Waals surface area contributed by atoms with Crippen LogP contribution >= 0.6 is 33.2 Å². The summed E-state index contributed by atoms with van der Waals surface area (Å²) in [6.07, 6.45) is 0.753. The summed E-state index contributed by atoms with van der Waals surface area (Å²) in [5.74, 6) is 0. The van der Waals surface area contributed by atoms with Crippen LogP contribution in [0.1, 0.15) is 6.42 Å². The van der Waals surface area contributed by atoms with Gasteiger partial charge in [0, 0.05) is 6.61 Å². The van der Waals surface area contributed by atoms with Crippen molar-refractivity contribution in [2.75, 3.05) is 19.8 Å². The van der Waals surface area contributed by atoms with E-state index in [2.05, 4.69) is 0 Å². The molecule has 0 aromatic rings. The number of hydrogen-bond acceptors (Lipinski definition) is 2. The quantitative estimate of drug-likeness (QED) is 0.375. The van der Waals surface area contributed by atoms with Crippen LogP contribution in [0.5, 0.6) is 0 Å². The predicted octanol–water partition coefficient (Wildman–Crippen LogP) is 1.12. The first-order valence-corrected chi connectivity index (χ1v) is 8.56. The van der Waals surface area contributed by atoms with Crippen molar-refractivity contribution >= 4 is 65.8 Å². The SMILES string of the molecule is OCCOCCC[Si](Cl)(Cl)Cl.[PoH2]. The van der Waals surface area contributed by atoms with E-state index in [1.165, 1.54) is 0 Å². The first kappa shape index (κ1) is 16.3. The topological polar surface area (TPSA) is 29.5 Å². The van der Waals surface area contributed by atoms with Gasteiger partial charge >= 0.3 is 32.6 Å². The Kier molecular flexibility index (Phi) is 12.9. The zero-order chi connectivity index (χ0) is 8.74. The fourth-order valence-electron chi connectivity index (χ4n) is 0.541. The number of aliphatic hydroxyl groups excluding tert-OH is 1. The van der Waals surface area contributed by atoms with E-state index >= 15 is 0 Å². The summed E-state index contributed by atoms with van der Waals surface area (Å²) in [6.45, 7) is 0.966. The monoisotopic (exact) mass is 447 g/mol. The van der Waals surface area contributed by atoms with E-state index in [-0.39, 0.29) is 33.2 Å². The average molecular weight is 449 g/mol. The normalized spacial score (nSPS) is 11.0. The molecule has 0 rings (SSSR count). The van der Waals surface area contributed by atoms with Crippen molar-refractivity contribution in [2.45, 2.75) is 12.5 Å². The van der Waals surface area contributed by atoms with Crippen LogP contribution in [0.4, 0.5) is 0 Å². The van der Waals surface area contributed by atoms with Crippen LogP contribution in [-0.4, -0.2) is 57.5 Å². The van der Waals surface area contributed by atoms with E-state index < -0.39 is 6.00 Å². The van der Waals surface area contributed by atoms with Gasteiger partial charge in [0.15, 0.2) is 0 Å². The molecule has 2 nitrogen and oxygen atoms in total. The van der Waals surface area contributed by atoms with Gasteiger partial charge in [-0.3, -0.25) is 0 Å². The second-order valence-corrected chi connectivity index (χ2v) is 11.3. The van der Waals surface area contributed by atoms with Crippen LogP contribution in [0.25, 0.3) is 0 Å². The van der Waals surface area contributed by atoms with Gasteiger partial charge in [0.1, 0.15) is 0 Å². The standard InChI is InChI=1S/C5H11Cl3O2Si.Po.2H/c6-11(7,8)5-1-3-10-4-2-9;;;/h9H,1-5H2;;;. The van der Waals surface area contributed by atoms with Gasteiger partial charge in [-0.2, -0.15) is 0 Å². The minimum atomic E-state index is -2.44. The number of aliphatic hydroxyl groups is 1. The van der Waals surface area contributed by atoms with E-state index in [1.54, 1.807) is 0 Å². The molecule has 0 fully saturated rings. The van der Waals surface area contributed by atoms with E-state index in [4.69, 9.17) is 43.1 Å². The molecule has 0 spiro atoms. The van der Waals surface area contributed by atoms with E-state index in [0.717, 1.165) is 6.42 Å². The Bertz CT molecular complexity index is 101. The fourth-order valence-corrected chi connectivity index (χ4v) is 2.29. The van der Waals surface area contributed by atoms with Gasteiger partial charge in [0.2, 0.25) is 0 Å². The Balaban J connectivity index is 0. The summed E-state index contributed by atoms with van der Waals surface area (Å²) in [4.78, 5) is 0. The molecule has 0 atom stereocenters. The summed E-state index contributed by atoms with van der Waals surface area (Å²) in [5.41, 5.74) is 0. The second-order valence-electron chi connectivity index (χ2n) is 2.05. The molecular weight excluding hydrogens is 435 g/mol. The third kappa shape index (κ3) is 14.4. The molecule has 0 aliphatic rings. The number of halogens is 3. The molecule has 76 valence electrons. The zero-order valence-corrected chi connectivity index (χ0v) is 13.7. The van der Waals surface area contributed by atoms with Gasteiger partial charge in [0.05, 0.1) is 13.2 Å². The Morgan fingerprint density at radius 1 is 1.17 bits per heavy atom. The van der Waals surface area contributed by atoms with Crippen LogP contribution in [0, 0.1) is 0 Å². The van der Waals surface area contributed by atoms with Crippen LogP contribution in [0.15, 0.2) is 0 Å². The average Bonchev–Trinajstić information content (AvgIpc) is 1.85. The fraction of sp³-hybridized carbons (Fsp3) is 1.00. The second kappa shape index (κ2) is 9.46. The first-order valence-electron chi connectivity index (χ1n) is 3.31. The van der Waals surface area contributed by atoms with Gasteiger partial charge in [-0.1, -0.05) is 0 Å².